The number of aliphatic imine (C=N–C) groups is 1. The van der Waals surface area contributed by atoms with Gasteiger partial charge in [0.2, 0.25) is 0 Å². The smallest absolute Gasteiger partial charge is 0.191 e. The zero-order valence-electron chi connectivity index (χ0n) is 18.3. The minimum Gasteiger partial charge on any atom is -0.357 e. The highest BCUT2D eigenvalue weighted by molar-refractivity contribution is 14.0. The maximum absolute atomic E-state index is 4.76. The predicted octanol–water partition coefficient (Wildman–Crippen LogP) is 4.47. The number of nitrogens with one attached hydrogen (secondary N) is 2. The van der Waals surface area contributed by atoms with Gasteiger partial charge in [-0.05, 0) is 44.9 Å². The zero-order valence-corrected chi connectivity index (χ0v) is 20.6. The average Bonchev–Trinajstić information content (AvgIpc) is 2.95. The Kier molecular flexibility index (Phi) is 12.0. The first kappa shape index (κ1) is 24.4. The highest BCUT2D eigenvalue weighted by Crippen LogP contribution is 2.26. The van der Waals surface area contributed by atoms with Crippen LogP contribution in [0.3, 0.4) is 0 Å². The molecular weight excluding hydrogens is 475 g/mol. The van der Waals surface area contributed by atoms with E-state index >= 15 is 0 Å². The van der Waals surface area contributed by atoms with Crippen molar-refractivity contribution in [3.05, 3.63) is 11.6 Å². The highest BCUT2D eigenvalue weighted by atomic mass is 127. The van der Waals surface area contributed by atoms with Crippen molar-refractivity contribution in [1.29, 1.82) is 0 Å². The molecule has 1 saturated carbocycles. The molecular formula is C22H41IN6. The number of fused-ring (bicyclic) bond motifs is 1. The van der Waals surface area contributed by atoms with Gasteiger partial charge in [0.25, 0.3) is 0 Å². The molecule has 0 spiro atoms. The van der Waals surface area contributed by atoms with E-state index in [0.29, 0.717) is 0 Å². The van der Waals surface area contributed by atoms with Crippen molar-refractivity contribution in [2.45, 2.75) is 96.9 Å². The molecule has 6 nitrogen and oxygen atoms in total. The molecule has 7 heteroatoms. The molecule has 166 valence electrons. The molecule has 0 atom stereocenters. The van der Waals surface area contributed by atoms with Crippen molar-refractivity contribution in [2.75, 3.05) is 19.6 Å². The van der Waals surface area contributed by atoms with Gasteiger partial charge < -0.3 is 15.2 Å². The largest absolute Gasteiger partial charge is 0.357 e. The van der Waals surface area contributed by atoms with Crippen LogP contribution in [0.15, 0.2) is 4.99 Å². The Morgan fingerprint density at radius 3 is 2.69 bits per heavy atom. The summed E-state index contributed by atoms with van der Waals surface area (Å²) in [6, 6.07) is 0. The van der Waals surface area contributed by atoms with E-state index in [0.717, 1.165) is 63.1 Å². The molecule has 0 aromatic carbocycles. The van der Waals surface area contributed by atoms with Crippen molar-refractivity contribution >= 4 is 29.9 Å². The third kappa shape index (κ3) is 8.42. The monoisotopic (exact) mass is 516 g/mol. The Labute approximate surface area is 194 Å². The van der Waals surface area contributed by atoms with Gasteiger partial charge in [0.05, 0.1) is 0 Å². The number of aromatic nitrogens is 3. The Morgan fingerprint density at radius 1 is 1.03 bits per heavy atom. The molecule has 1 aromatic heterocycles. The van der Waals surface area contributed by atoms with Gasteiger partial charge >= 0.3 is 0 Å². The summed E-state index contributed by atoms with van der Waals surface area (Å²) in [5, 5.41) is 15.7. The number of guanidine groups is 1. The maximum Gasteiger partial charge on any atom is 0.191 e. The van der Waals surface area contributed by atoms with Crippen molar-refractivity contribution in [1.82, 2.24) is 25.4 Å². The Bertz CT molecular complexity index is 594. The van der Waals surface area contributed by atoms with E-state index in [1.165, 1.54) is 70.0 Å². The van der Waals surface area contributed by atoms with Crippen LogP contribution < -0.4 is 10.6 Å². The SMILES string of the molecule is CCNC(=NCCCc1nnc2n1CCCCC2)NCCCC1CCCCC1.I. The van der Waals surface area contributed by atoms with Crippen LogP contribution in [0.2, 0.25) is 0 Å². The van der Waals surface area contributed by atoms with Crippen molar-refractivity contribution in [3.8, 4) is 0 Å². The topological polar surface area (TPSA) is 67.1 Å². The fourth-order valence-electron chi connectivity index (χ4n) is 4.57. The Morgan fingerprint density at radius 2 is 1.86 bits per heavy atom. The minimum absolute atomic E-state index is 0. The first-order valence-corrected chi connectivity index (χ1v) is 11.8. The highest BCUT2D eigenvalue weighted by Gasteiger charge is 2.14. The van der Waals surface area contributed by atoms with Crippen molar-refractivity contribution < 1.29 is 0 Å². The van der Waals surface area contributed by atoms with Crippen LogP contribution in [0.4, 0.5) is 0 Å². The summed E-state index contributed by atoms with van der Waals surface area (Å²) in [4.78, 5) is 4.76. The molecule has 3 rings (SSSR count). The molecule has 0 amide bonds. The summed E-state index contributed by atoms with van der Waals surface area (Å²) in [7, 11) is 0. The van der Waals surface area contributed by atoms with Crippen LogP contribution in [0.5, 0.6) is 0 Å². The number of nitrogens with zero attached hydrogens (tertiary/aromatic N) is 4. The van der Waals surface area contributed by atoms with E-state index in [2.05, 4.69) is 32.3 Å². The van der Waals surface area contributed by atoms with Gasteiger partial charge in [-0.3, -0.25) is 4.99 Å². The molecule has 0 unspecified atom stereocenters. The maximum atomic E-state index is 4.76. The first-order valence-electron chi connectivity index (χ1n) is 11.8. The van der Waals surface area contributed by atoms with Gasteiger partial charge in [-0.2, -0.15) is 0 Å². The van der Waals surface area contributed by atoms with Gasteiger partial charge in [-0.25, -0.2) is 0 Å². The lowest BCUT2D eigenvalue weighted by Crippen LogP contribution is -2.38. The molecule has 1 aliphatic heterocycles. The number of aryl methyl sites for hydroxylation is 2. The molecule has 2 heterocycles. The second-order valence-electron chi connectivity index (χ2n) is 8.43. The van der Waals surface area contributed by atoms with Crippen LogP contribution in [-0.2, 0) is 19.4 Å². The number of hydrogen-bond donors (Lipinski definition) is 2. The molecule has 1 fully saturated rings. The summed E-state index contributed by atoms with van der Waals surface area (Å²) < 4.78 is 2.35. The lowest BCUT2D eigenvalue weighted by atomic mass is 9.86. The van der Waals surface area contributed by atoms with Crippen molar-refractivity contribution in [2.24, 2.45) is 10.9 Å². The molecule has 2 aliphatic rings. The van der Waals surface area contributed by atoms with Gasteiger partial charge in [0.15, 0.2) is 5.96 Å². The standard InChI is InChI=1S/C22H40N6.HI/c1-2-23-22(24-16-9-13-19-11-5-3-6-12-19)25-17-10-15-21-27-26-20-14-7-4-8-18-28(20)21;/h19H,2-18H2,1H3,(H2,23,24,25);1H. The molecule has 2 N–H and O–H groups in total. The van der Waals surface area contributed by atoms with Crippen LogP contribution in [-0.4, -0.2) is 40.4 Å². The van der Waals surface area contributed by atoms with E-state index in [1.54, 1.807) is 0 Å². The Hall–Kier alpha value is -0.860. The number of rotatable bonds is 9. The van der Waals surface area contributed by atoms with E-state index in [9.17, 15) is 0 Å². The molecule has 0 radical (unpaired) electrons. The summed E-state index contributed by atoms with van der Waals surface area (Å²) in [6.45, 7) is 5.99. The summed E-state index contributed by atoms with van der Waals surface area (Å²) in [6.07, 6.45) is 16.7. The third-order valence-electron chi connectivity index (χ3n) is 6.17. The van der Waals surface area contributed by atoms with Crippen LogP contribution in [0.25, 0.3) is 0 Å². The fourth-order valence-corrected chi connectivity index (χ4v) is 4.57. The summed E-state index contributed by atoms with van der Waals surface area (Å²) in [5.41, 5.74) is 0. The third-order valence-corrected chi connectivity index (χ3v) is 6.17. The van der Waals surface area contributed by atoms with Gasteiger partial charge in [-0.1, -0.05) is 38.5 Å². The molecule has 29 heavy (non-hydrogen) atoms. The van der Waals surface area contributed by atoms with Crippen LogP contribution in [0.1, 0.15) is 89.2 Å². The quantitative estimate of drug-likeness (QED) is 0.220. The minimum atomic E-state index is 0. The van der Waals surface area contributed by atoms with Crippen molar-refractivity contribution in [3.63, 3.8) is 0 Å². The molecule has 0 bridgehead atoms. The summed E-state index contributed by atoms with van der Waals surface area (Å²) in [5.74, 6) is 4.26. The van der Waals surface area contributed by atoms with E-state index in [4.69, 9.17) is 4.99 Å². The van der Waals surface area contributed by atoms with Crippen LogP contribution in [0, 0.1) is 5.92 Å². The Balaban J connectivity index is 0.00000300. The average molecular weight is 517 g/mol. The van der Waals surface area contributed by atoms with Gasteiger partial charge in [-0.15, -0.1) is 34.2 Å². The van der Waals surface area contributed by atoms with E-state index in [-0.39, 0.29) is 24.0 Å². The number of halogens is 1. The second-order valence-corrected chi connectivity index (χ2v) is 8.43. The first-order chi connectivity index (χ1) is 13.9. The summed E-state index contributed by atoms with van der Waals surface area (Å²) >= 11 is 0. The predicted molar refractivity (Wildman–Crippen MR) is 131 cm³/mol. The fraction of sp³-hybridized carbons (Fsp3) is 0.864. The zero-order chi connectivity index (χ0) is 19.4. The van der Waals surface area contributed by atoms with Gasteiger partial charge in [0, 0.05) is 39.0 Å². The lowest BCUT2D eigenvalue weighted by Gasteiger charge is -2.21. The molecule has 1 aliphatic carbocycles. The van der Waals surface area contributed by atoms with Crippen LogP contribution >= 0.6 is 24.0 Å². The molecule has 0 saturated heterocycles. The number of hydrogen-bond acceptors (Lipinski definition) is 3. The van der Waals surface area contributed by atoms with E-state index < -0.39 is 0 Å². The lowest BCUT2D eigenvalue weighted by molar-refractivity contribution is 0.332. The van der Waals surface area contributed by atoms with E-state index in [1.807, 2.05) is 0 Å². The van der Waals surface area contributed by atoms with Gasteiger partial charge in [0.1, 0.15) is 11.6 Å². The second kappa shape index (κ2) is 14.2. The normalized spacial score (nSPS) is 17.9. The molecule has 1 aromatic rings.